The van der Waals surface area contributed by atoms with Gasteiger partial charge < -0.3 is 10.8 Å². The van der Waals surface area contributed by atoms with E-state index >= 15 is 0 Å². The van der Waals surface area contributed by atoms with Crippen molar-refractivity contribution in [2.45, 2.75) is 37.8 Å². The second-order valence-electron chi connectivity index (χ2n) is 8.01. The summed E-state index contributed by atoms with van der Waals surface area (Å²) in [4.78, 5) is 16.5. The van der Waals surface area contributed by atoms with E-state index < -0.39 is 5.97 Å². The number of aromatic nitrogens is 3. The number of fused-ring (bicyclic) bond motifs is 3. The van der Waals surface area contributed by atoms with Crippen LogP contribution in [-0.4, -0.2) is 31.4 Å². The highest BCUT2D eigenvalue weighted by atomic mass is 16.4. The predicted octanol–water partition coefficient (Wildman–Crippen LogP) is 3.40. The molecule has 0 saturated heterocycles. The zero-order valence-electron chi connectivity index (χ0n) is 16.0. The number of rotatable bonds is 5. The highest BCUT2D eigenvalue weighted by Crippen LogP contribution is 2.38. The average Bonchev–Trinajstić information content (AvgIpc) is 3.32. The molecule has 0 bridgehead atoms. The normalized spacial score (nSPS) is 16.4. The molecule has 2 aliphatic rings. The standard InChI is InChI=1S/C23H22N4O2/c24-23(10-11-23)14-27-21(22(28)29)18-9-7-16-13-25-17(12-19(16)20(18)26-27)8-6-15-4-2-1-3-5-15/h1-6,8,12-13H,7,9-11,14,24H2,(H,28,29)/b8-6+. The van der Waals surface area contributed by atoms with Crippen molar-refractivity contribution in [3.8, 4) is 11.3 Å². The van der Waals surface area contributed by atoms with Crippen molar-refractivity contribution in [3.05, 3.63) is 70.7 Å². The smallest absolute Gasteiger partial charge is 0.354 e. The minimum Gasteiger partial charge on any atom is -0.477 e. The molecule has 0 aliphatic heterocycles. The Labute approximate surface area is 168 Å². The van der Waals surface area contributed by atoms with Crippen molar-refractivity contribution in [3.63, 3.8) is 0 Å². The Balaban J connectivity index is 1.55. The Morgan fingerprint density at radius 2 is 2.00 bits per heavy atom. The fourth-order valence-electron chi connectivity index (χ4n) is 3.94. The summed E-state index contributed by atoms with van der Waals surface area (Å²) in [6, 6.07) is 12.1. The number of pyridine rings is 1. The number of carbonyl (C=O) groups is 1. The van der Waals surface area contributed by atoms with E-state index in [1.165, 1.54) is 0 Å². The Bertz CT molecular complexity index is 1130. The largest absolute Gasteiger partial charge is 0.477 e. The van der Waals surface area contributed by atoms with E-state index in [0.29, 0.717) is 13.0 Å². The van der Waals surface area contributed by atoms with Crippen molar-refractivity contribution in [1.29, 1.82) is 0 Å². The van der Waals surface area contributed by atoms with Crippen LogP contribution in [0.3, 0.4) is 0 Å². The number of hydrogen-bond acceptors (Lipinski definition) is 4. The summed E-state index contributed by atoms with van der Waals surface area (Å²) < 4.78 is 1.61. The number of nitrogens with zero attached hydrogens (tertiary/aromatic N) is 3. The number of aryl methyl sites for hydroxylation is 1. The van der Waals surface area contributed by atoms with Crippen LogP contribution in [0.5, 0.6) is 0 Å². The maximum Gasteiger partial charge on any atom is 0.354 e. The summed E-state index contributed by atoms with van der Waals surface area (Å²) in [7, 11) is 0. The van der Waals surface area contributed by atoms with Gasteiger partial charge in [-0.15, -0.1) is 0 Å². The van der Waals surface area contributed by atoms with Gasteiger partial charge in [-0.25, -0.2) is 4.79 Å². The first-order valence-electron chi connectivity index (χ1n) is 9.87. The molecule has 0 radical (unpaired) electrons. The van der Waals surface area contributed by atoms with E-state index in [1.807, 2.05) is 54.7 Å². The van der Waals surface area contributed by atoms with Crippen LogP contribution in [0.1, 0.15) is 45.7 Å². The van der Waals surface area contributed by atoms with Gasteiger partial charge in [0, 0.05) is 22.9 Å². The molecule has 0 atom stereocenters. The van der Waals surface area contributed by atoms with Crippen molar-refractivity contribution in [2.24, 2.45) is 5.73 Å². The van der Waals surface area contributed by atoms with Gasteiger partial charge in [0.05, 0.1) is 17.9 Å². The van der Waals surface area contributed by atoms with Gasteiger partial charge in [-0.3, -0.25) is 9.67 Å². The molecule has 146 valence electrons. The molecule has 2 aliphatic carbocycles. The fraction of sp³-hybridized carbons (Fsp3) is 0.261. The van der Waals surface area contributed by atoms with Gasteiger partial charge >= 0.3 is 5.97 Å². The van der Waals surface area contributed by atoms with E-state index in [9.17, 15) is 9.90 Å². The van der Waals surface area contributed by atoms with E-state index in [0.717, 1.165) is 52.9 Å². The summed E-state index contributed by atoms with van der Waals surface area (Å²) in [6.07, 6.45) is 9.11. The second-order valence-corrected chi connectivity index (χ2v) is 8.01. The van der Waals surface area contributed by atoms with Crippen LogP contribution in [0.4, 0.5) is 0 Å². The number of carboxylic acids is 1. The predicted molar refractivity (Wildman–Crippen MR) is 111 cm³/mol. The third-order valence-electron chi connectivity index (χ3n) is 5.76. The van der Waals surface area contributed by atoms with E-state index in [4.69, 9.17) is 10.8 Å². The monoisotopic (exact) mass is 386 g/mol. The highest BCUT2D eigenvalue weighted by molar-refractivity contribution is 5.91. The Kier molecular flexibility index (Phi) is 4.10. The third kappa shape index (κ3) is 3.36. The Hall–Kier alpha value is -3.25. The van der Waals surface area contributed by atoms with Crippen molar-refractivity contribution < 1.29 is 9.90 Å². The van der Waals surface area contributed by atoms with E-state index in [-0.39, 0.29) is 11.2 Å². The molecule has 2 heterocycles. The molecule has 1 aromatic carbocycles. The van der Waals surface area contributed by atoms with Crippen molar-refractivity contribution in [2.75, 3.05) is 0 Å². The van der Waals surface area contributed by atoms with Crippen LogP contribution in [0, 0.1) is 0 Å². The summed E-state index contributed by atoms with van der Waals surface area (Å²) in [5.41, 5.74) is 11.8. The number of hydrogen-bond donors (Lipinski definition) is 2. The lowest BCUT2D eigenvalue weighted by molar-refractivity contribution is 0.0681. The molecule has 1 saturated carbocycles. The minimum atomic E-state index is -0.940. The minimum absolute atomic E-state index is 0.278. The van der Waals surface area contributed by atoms with Gasteiger partial charge in [0.15, 0.2) is 0 Å². The maximum absolute atomic E-state index is 12.0. The van der Waals surface area contributed by atoms with Crippen LogP contribution in [0.2, 0.25) is 0 Å². The lowest BCUT2D eigenvalue weighted by Crippen LogP contribution is -2.30. The molecular weight excluding hydrogens is 364 g/mol. The molecule has 5 rings (SSSR count). The first-order valence-corrected chi connectivity index (χ1v) is 9.87. The van der Waals surface area contributed by atoms with Crippen molar-refractivity contribution in [1.82, 2.24) is 14.8 Å². The van der Waals surface area contributed by atoms with Gasteiger partial charge in [0.25, 0.3) is 0 Å². The molecule has 29 heavy (non-hydrogen) atoms. The van der Waals surface area contributed by atoms with Gasteiger partial charge in [0.2, 0.25) is 0 Å². The van der Waals surface area contributed by atoms with Crippen LogP contribution in [0.25, 0.3) is 23.4 Å². The maximum atomic E-state index is 12.0. The van der Waals surface area contributed by atoms with E-state index in [1.54, 1.807) is 4.68 Å². The first-order chi connectivity index (χ1) is 14.0. The van der Waals surface area contributed by atoms with Gasteiger partial charge in [-0.05, 0) is 49.0 Å². The average molecular weight is 386 g/mol. The van der Waals surface area contributed by atoms with Gasteiger partial charge in [-0.2, -0.15) is 5.10 Å². The summed E-state index contributed by atoms with van der Waals surface area (Å²) in [5.74, 6) is -0.940. The molecule has 0 unspecified atom stereocenters. The molecular formula is C23H22N4O2. The number of carboxylic acid groups (broad SMARTS) is 1. The highest BCUT2D eigenvalue weighted by Gasteiger charge is 2.41. The summed E-state index contributed by atoms with van der Waals surface area (Å²) in [5, 5.41) is 14.5. The number of benzene rings is 1. The van der Waals surface area contributed by atoms with Gasteiger partial charge in [0.1, 0.15) is 5.69 Å². The lowest BCUT2D eigenvalue weighted by Gasteiger charge is -2.15. The Morgan fingerprint density at radius 3 is 2.72 bits per heavy atom. The third-order valence-corrected chi connectivity index (χ3v) is 5.76. The fourth-order valence-corrected chi connectivity index (χ4v) is 3.94. The molecule has 3 aromatic rings. The summed E-state index contributed by atoms with van der Waals surface area (Å²) >= 11 is 0. The first kappa shape index (κ1) is 17.8. The molecule has 3 N–H and O–H groups in total. The molecule has 0 amide bonds. The zero-order valence-corrected chi connectivity index (χ0v) is 16.0. The number of nitrogens with two attached hydrogens (primary N) is 1. The lowest BCUT2D eigenvalue weighted by atomic mass is 9.89. The van der Waals surface area contributed by atoms with Crippen LogP contribution in [0.15, 0.2) is 42.6 Å². The molecule has 6 heteroatoms. The number of aromatic carboxylic acids is 1. The topological polar surface area (TPSA) is 94.0 Å². The van der Waals surface area contributed by atoms with Crippen LogP contribution in [-0.2, 0) is 19.4 Å². The van der Waals surface area contributed by atoms with Gasteiger partial charge in [-0.1, -0.05) is 36.4 Å². The van der Waals surface area contributed by atoms with Crippen LogP contribution < -0.4 is 5.73 Å². The quantitative estimate of drug-likeness (QED) is 0.701. The van der Waals surface area contributed by atoms with Crippen molar-refractivity contribution >= 4 is 18.1 Å². The van der Waals surface area contributed by atoms with E-state index in [2.05, 4.69) is 4.98 Å². The molecule has 1 fully saturated rings. The summed E-state index contributed by atoms with van der Waals surface area (Å²) in [6.45, 7) is 0.447. The van der Waals surface area contributed by atoms with Crippen LogP contribution >= 0.6 is 0 Å². The Morgan fingerprint density at radius 1 is 1.21 bits per heavy atom. The molecule has 2 aromatic heterocycles. The second kappa shape index (κ2) is 6.67. The molecule has 0 spiro atoms. The zero-order chi connectivity index (χ0) is 20.0. The molecule has 6 nitrogen and oxygen atoms in total. The SMILES string of the molecule is NC1(Cn2nc3c(c2C(=O)O)CCc2cnc(/C=C/c4ccccc4)cc2-3)CC1.